The predicted octanol–water partition coefficient (Wildman–Crippen LogP) is 5.46. The Hall–Kier alpha value is -3.64. The van der Waals surface area contributed by atoms with Gasteiger partial charge in [0.05, 0.1) is 18.2 Å². The lowest BCUT2D eigenvalue weighted by atomic mass is 9.95. The van der Waals surface area contributed by atoms with E-state index in [0.717, 1.165) is 12.0 Å². The van der Waals surface area contributed by atoms with Gasteiger partial charge in [0.15, 0.2) is 0 Å². The van der Waals surface area contributed by atoms with Gasteiger partial charge < -0.3 is 9.84 Å². The number of anilines is 1. The summed E-state index contributed by atoms with van der Waals surface area (Å²) in [5, 5.41) is 11.6. The Morgan fingerprint density at radius 3 is 2.45 bits per heavy atom. The number of carbonyl (C=O) groups excluding carboxylic acids is 2. The van der Waals surface area contributed by atoms with Crippen molar-refractivity contribution in [2.24, 2.45) is 0 Å². The number of aliphatic hydroxyl groups excluding tert-OH is 1. The topological polar surface area (TPSA) is 79.7 Å². The van der Waals surface area contributed by atoms with Crippen molar-refractivity contribution in [3.05, 3.63) is 94.3 Å². The zero-order valence-electron chi connectivity index (χ0n) is 18.3. The summed E-state index contributed by atoms with van der Waals surface area (Å²) in [6, 6.07) is 14.6. The number of hydrogen-bond acceptors (Lipinski definition) is 5. The normalized spacial score (nSPS) is 17.4. The van der Waals surface area contributed by atoms with Crippen molar-refractivity contribution in [2.75, 3.05) is 11.5 Å². The average Bonchev–Trinajstić information content (AvgIpc) is 3.10. The number of hydrogen-bond donors (Lipinski definition) is 1. The van der Waals surface area contributed by atoms with Crippen LogP contribution < -0.4 is 9.64 Å². The minimum Gasteiger partial charge on any atom is -0.507 e. The molecule has 0 bridgehead atoms. The molecular formula is C26H23ClN2O4. The molecule has 0 saturated carbocycles. The number of amides is 1. The molecule has 2 aromatic carbocycles. The first-order valence-corrected chi connectivity index (χ1v) is 11.0. The highest BCUT2D eigenvalue weighted by molar-refractivity contribution is 6.52. The maximum Gasteiger partial charge on any atom is 0.300 e. The summed E-state index contributed by atoms with van der Waals surface area (Å²) >= 11 is 6.21. The predicted molar refractivity (Wildman–Crippen MR) is 127 cm³/mol. The van der Waals surface area contributed by atoms with Crippen LogP contribution in [0.15, 0.2) is 72.6 Å². The number of ketones is 1. The van der Waals surface area contributed by atoms with Gasteiger partial charge in [0.1, 0.15) is 11.5 Å². The molecule has 168 valence electrons. The fourth-order valence-electron chi connectivity index (χ4n) is 3.87. The summed E-state index contributed by atoms with van der Waals surface area (Å²) in [5.41, 5.74) is 2.35. The van der Waals surface area contributed by atoms with Gasteiger partial charge in [0.25, 0.3) is 11.7 Å². The van der Waals surface area contributed by atoms with Crippen LogP contribution in [0.2, 0.25) is 5.02 Å². The molecule has 0 aliphatic carbocycles. The fourth-order valence-corrected chi connectivity index (χ4v) is 4.04. The molecule has 7 heteroatoms. The molecule has 3 aromatic rings. The Bertz CT molecular complexity index is 1220. The third-order valence-corrected chi connectivity index (χ3v) is 5.73. The number of rotatable bonds is 6. The minimum atomic E-state index is -0.832. The number of carbonyl (C=O) groups is 2. The van der Waals surface area contributed by atoms with E-state index in [1.807, 2.05) is 13.8 Å². The Morgan fingerprint density at radius 2 is 1.79 bits per heavy atom. The second-order valence-corrected chi connectivity index (χ2v) is 8.19. The van der Waals surface area contributed by atoms with E-state index in [1.54, 1.807) is 67.0 Å². The molecular weight excluding hydrogens is 440 g/mol. The first-order valence-electron chi connectivity index (χ1n) is 10.6. The third-order valence-electron chi connectivity index (χ3n) is 5.50. The van der Waals surface area contributed by atoms with Crippen molar-refractivity contribution in [1.82, 2.24) is 4.98 Å². The number of aromatic nitrogens is 1. The van der Waals surface area contributed by atoms with E-state index in [2.05, 4.69) is 4.98 Å². The number of aryl methyl sites for hydroxylation is 1. The second-order valence-electron chi connectivity index (χ2n) is 7.75. The zero-order chi connectivity index (χ0) is 23.5. The second kappa shape index (κ2) is 9.46. The summed E-state index contributed by atoms with van der Waals surface area (Å²) in [4.78, 5) is 31.9. The van der Waals surface area contributed by atoms with Gasteiger partial charge in [0, 0.05) is 28.7 Å². The van der Waals surface area contributed by atoms with Crippen LogP contribution in [-0.2, 0) is 9.59 Å². The van der Waals surface area contributed by atoms with E-state index >= 15 is 0 Å². The van der Waals surface area contributed by atoms with Gasteiger partial charge in [-0.2, -0.15) is 0 Å². The molecule has 4 rings (SSSR count). The number of nitrogens with zero attached hydrogens (tertiary/aromatic N) is 2. The summed E-state index contributed by atoms with van der Waals surface area (Å²) in [6.07, 6.45) is 4.04. The van der Waals surface area contributed by atoms with Crippen molar-refractivity contribution < 1.29 is 19.4 Å². The Morgan fingerprint density at radius 1 is 1.09 bits per heavy atom. The van der Waals surface area contributed by atoms with Crippen molar-refractivity contribution >= 4 is 34.7 Å². The lowest BCUT2D eigenvalue weighted by molar-refractivity contribution is -0.132. The van der Waals surface area contributed by atoms with E-state index in [0.29, 0.717) is 34.2 Å². The molecule has 1 saturated heterocycles. The molecule has 33 heavy (non-hydrogen) atoms. The largest absolute Gasteiger partial charge is 0.507 e. The first-order chi connectivity index (χ1) is 15.9. The van der Waals surface area contributed by atoms with E-state index in [9.17, 15) is 14.7 Å². The van der Waals surface area contributed by atoms with Gasteiger partial charge in [0.2, 0.25) is 0 Å². The number of Topliss-reactive ketones (excluding diaryl/α,β-unsaturated/α-hetero) is 1. The van der Waals surface area contributed by atoms with E-state index in [4.69, 9.17) is 16.3 Å². The Kier molecular flexibility index (Phi) is 6.47. The first kappa shape index (κ1) is 22.6. The molecule has 1 atom stereocenters. The Labute approximate surface area is 197 Å². The molecule has 1 aromatic heterocycles. The molecule has 1 fully saturated rings. The van der Waals surface area contributed by atoms with E-state index in [1.165, 1.54) is 4.90 Å². The number of aliphatic hydroxyl groups is 1. The minimum absolute atomic E-state index is 0.00722. The monoisotopic (exact) mass is 462 g/mol. The molecule has 1 aliphatic heterocycles. The lowest BCUT2D eigenvalue weighted by Crippen LogP contribution is -2.30. The third kappa shape index (κ3) is 4.34. The van der Waals surface area contributed by atoms with Gasteiger partial charge in [-0.3, -0.25) is 19.5 Å². The van der Waals surface area contributed by atoms with Crippen LogP contribution >= 0.6 is 11.6 Å². The van der Waals surface area contributed by atoms with Crippen LogP contribution in [0.1, 0.15) is 36.1 Å². The molecule has 6 nitrogen and oxygen atoms in total. The van der Waals surface area contributed by atoms with Gasteiger partial charge in [-0.05, 0) is 73.0 Å². The van der Waals surface area contributed by atoms with Gasteiger partial charge in [-0.1, -0.05) is 24.6 Å². The molecule has 1 amide bonds. The smallest absolute Gasteiger partial charge is 0.300 e. The van der Waals surface area contributed by atoms with Crippen molar-refractivity contribution in [3.8, 4) is 5.75 Å². The van der Waals surface area contributed by atoms with Gasteiger partial charge in [-0.25, -0.2) is 0 Å². The molecule has 1 N–H and O–H groups in total. The fraction of sp³-hybridized carbons (Fsp3) is 0.192. The van der Waals surface area contributed by atoms with Crippen LogP contribution in [0.3, 0.4) is 0 Å². The van der Waals surface area contributed by atoms with Crippen molar-refractivity contribution in [2.45, 2.75) is 26.3 Å². The summed E-state index contributed by atoms with van der Waals surface area (Å²) < 4.78 is 5.60. The number of ether oxygens (including phenoxy) is 1. The lowest BCUT2D eigenvalue weighted by Gasteiger charge is -2.26. The van der Waals surface area contributed by atoms with Crippen LogP contribution in [0, 0.1) is 6.92 Å². The molecule has 0 spiro atoms. The van der Waals surface area contributed by atoms with Gasteiger partial charge in [-0.15, -0.1) is 0 Å². The van der Waals surface area contributed by atoms with Crippen molar-refractivity contribution in [3.63, 3.8) is 0 Å². The summed E-state index contributed by atoms with van der Waals surface area (Å²) in [6.45, 7) is 4.43. The number of pyridine rings is 1. The number of halogens is 1. The zero-order valence-corrected chi connectivity index (χ0v) is 19.0. The van der Waals surface area contributed by atoms with Crippen molar-refractivity contribution in [1.29, 1.82) is 0 Å². The average molecular weight is 463 g/mol. The van der Waals surface area contributed by atoms with Crippen LogP contribution in [0.5, 0.6) is 5.75 Å². The maximum atomic E-state index is 13.2. The van der Waals surface area contributed by atoms with E-state index < -0.39 is 17.7 Å². The molecule has 1 unspecified atom stereocenters. The highest BCUT2D eigenvalue weighted by Gasteiger charge is 2.47. The highest BCUT2D eigenvalue weighted by atomic mass is 35.5. The maximum absolute atomic E-state index is 13.2. The molecule has 1 aliphatic rings. The van der Waals surface area contributed by atoms with Crippen LogP contribution in [0.25, 0.3) is 5.76 Å². The molecule has 0 radical (unpaired) electrons. The quantitative estimate of drug-likeness (QED) is 0.299. The summed E-state index contributed by atoms with van der Waals surface area (Å²) in [5.74, 6) is -1.08. The number of benzene rings is 2. The SMILES string of the molecule is CCCOc1ccc(/C(O)=C2\C(=O)C(=O)N(c3cc(Cl)ccc3C)C2c2ccncc2)cc1. The standard InChI is InChI=1S/C26H23ClN2O4/c1-3-14-33-20-8-5-18(6-9-20)24(30)22-23(17-10-12-28-13-11-17)29(26(32)25(22)31)21-15-19(27)7-4-16(21)2/h4-13,15,23,30H,3,14H2,1-2H3/b24-22+. The Balaban J connectivity index is 1.86. The molecule has 2 heterocycles. The highest BCUT2D eigenvalue weighted by Crippen LogP contribution is 2.43. The summed E-state index contributed by atoms with van der Waals surface area (Å²) in [7, 11) is 0. The van der Waals surface area contributed by atoms with Gasteiger partial charge >= 0.3 is 0 Å². The van der Waals surface area contributed by atoms with Crippen LogP contribution in [0.4, 0.5) is 5.69 Å². The van der Waals surface area contributed by atoms with Crippen LogP contribution in [-0.4, -0.2) is 28.4 Å². The van der Waals surface area contributed by atoms with E-state index in [-0.39, 0.29) is 11.3 Å².